The topological polar surface area (TPSA) is 113 Å². The van der Waals surface area contributed by atoms with Crippen LogP contribution < -0.4 is 14.2 Å². The van der Waals surface area contributed by atoms with Gasteiger partial charge in [-0.05, 0) is 53.1 Å². The van der Waals surface area contributed by atoms with Gasteiger partial charge in [0, 0.05) is 25.3 Å². The van der Waals surface area contributed by atoms with Crippen LogP contribution in [0.4, 0.5) is 0 Å². The molecule has 42 heavy (non-hydrogen) atoms. The van der Waals surface area contributed by atoms with Gasteiger partial charge in [-0.1, -0.05) is 30.3 Å². The van der Waals surface area contributed by atoms with Gasteiger partial charge in [0.05, 0.1) is 27.5 Å². The van der Waals surface area contributed by atoms with Gasteiger partial charge in [-0.2, -0.15) is 5.10 Å². The number of hydrazone groups is 1. The third-order valence-electron chi connectivity index (χ3n) is 8.17. The molecule has 2 saturated heterocycles. The third-order valence-corrected chi connectivity index (χ3v) is 8.17. The first-order chi connectivity index (χ1) is 20.2. The minimum absolute atomic E-state index is 0.346. The molecule has 10 heteroatoms. The zero-order valence-corrected chi connectivity index (χ0v) is 23.8. The fraction of sp³-hybridized carbons (Fsp3) is 0.312. The first-order valence-corrected chi connectivity index (χ1v) is 13.4. The van der Waals surface area contributed by atoms with Gasteiger partial charge in [0.1, 0.15) is 17.8 Å². The molecule has 0 radical (unpaired) electrons. The molecule has 2 fully saturated rings. The Morgan fingerprint density at radius 1 is 0.857 bits per heavy atom. The molecule has 3 atom stereocenters. The molecule has 216 valence electrons. The summed E-state index contributed by atoms with van der Waals surface area (Å²) in [5, 5.41) is 6.25. The molecule has 0 bridgehead atoms. The van der Waals surface area contributed by atoms with Crippen LogP contribution in [0.3, 0.4) is 0 Å². The maximum atomic E-state index is 14.5. The van der Waals surface area contributed by atoms with Crippen molar-refractivity contribution in [3.8, 4) is 17.2 Å². The lowest BCUT2D eigenvalue weighted by molar-refractivity contribution is -0.254. The minimum Gasteiger partial charge on any atom is -0.497 e. The van der Waals surface area contributed by atoms with Crippen molar-refractivity contribution in [2.24, 2.45) is 10.5 Å². The first-order valence-electron chi connectivity index (χ1n) is 13.4. The predicted molar refractivity (Wildman–Crippen MR) is 151 cm³/mol. The number of methoxy groups -OCH3 is 3. The first kappa shape index (κ1) is 27.3. The molecule has 3 aromatic carbocycles. The Hall–Kier alpha value is -4.86. The predicted octanol–water partition coefficient (Wildman–Crippen LogP) is 4.27. The summed E-state index contributed by atoms with van der Waals surface area (Å²) in [4.78, 5) is 43.3. The van der Waals surface area contributed by atoms with Crippen LogP contribution in [0.2, 0.25) is 0 Å². The van der Waals surface area contributed by atoms with Crippen molar-refractivity contribution in [1.82, 2.24) is 5.01 Å². The fourth-order valence-corrected chi connectivity index (χ4v) is 6.36. The smallest absolute Gasteiger partial charge is 0.330 e. The molecule has 3 heterocycles. The second kappa shape index (κ2) is 9.90. The molecule has 3 aliphatic heterocycles. The van der Waals surface area contributed by atoms with E-state index in [-0.39, 0.29) is 5.78 Å². The number of hydrogen-bond acceptors (Lipinski definition) is 10. The highest BCUT2D eigenvalue weighted by Gasteiger charge is 2.75. The van der Waals surface area contributed by atoms with Crippen molar-refractivity contribution < 1.29 is 38.1 Å². The number of hydrogen-bond donors (Lipinski definition) is 0. The van der Waals surface area contributed by atoms with E-state index in [9.17, 15) is 14.4 Å². The number of carbonyl (C=O) groups excluding carboxylic acids is 3. The number of cyclic esters (lactones) is 2. The molecule has 0 N–H and O–H groups in total. The Labute approximate surface area is 242 Å². The second-order valence-electron chi connectivity index (χ2n) is 10.8. The monoisotopic (exact) mass is 570 g/mol. The quantitative estimate of drug-likeness (QED) is 0.244. The molecule has 0 unspecified atom stereocenters. The number of Topliss-reactive ketones (excluding diaryl/α,β-unsaturated/α-hetero) is 1. The van der Waals surface area contributed by atoms with Crippen LogP contribution in [0.25, 0.3) is 0 Å². The molecule has 3 aromatic rings. The van der Waals surface area contributed by atoms with Gasteiger partial charge < -0.3 is 23.7 Å². The van der Waals surface area contributed by atoms with Crippen LogP contribution >= 0.6 is 0 Å². The Bertz CT molecular complexity index is 1590. The number of fused-ring (bicyclic) bond motifs is 4. The SMILES string of the molecule is COc1ccc(C(=O)[C@@H]2[C@@H](c3ccc(OC)c(OC)c3)C3(C(=O)OC(C)(C)OC3=O)[C@@H]3c4ccccc4C=NN23)cc1. The minimum atomic E-state index is -1.99. The summed E-state index contributed by atoms with van der Waals surface area (Å²) in [6, 6.07) is 17.0. The summed E-state index contributed by atoms with van der Waals surface area (Å²) in [6.07, 6.45) is 1.63. The average Bonchev–Trinajstić information content (AvgIpc) is 3.31. The number of rotatable bonds is 6. The number of nitrogens with zero attached hydrogens (tertiary/aromatic N) is 2. The number of ketones is 1. The summed E-state index contributed by atoms with van der Waals surface area (Å²) >= 11 is 0. The Balaban J connectivity index is 1.65. The van der Waals surface area contributed by atoms with Gasteiger partial charge in [0.2, 0.25) is 5.41 Å². The molecule has 6 rings (SSSR count). The lowest BCUT2D eigenvalue weighted by Crippen LogP contribution is -2.58. The Kier molecular flexibility index (Phi) is 6.44. The maximum Gasteiger partial charge on any atom is 0.330 e. The Morgan fingerprint density at radius 3 is 2.17 bits per heavy atom. The van der Waals surface area contributed by atoms with E-state index < -0.39 is 41.1 Å². The van der Waals surface area contributed by atoms with Gasteiger partial charge in [0.15, 0.2) is 17.3 Å². The number of ether oxygens (including phenoxy) is 5. The van der Waals surface area contributed by atoms with E-state index in [4.69, 9.17) is 28.8 Å². The van der Waals surface area contributed by atoms with E-state index in [0.717, 1.165) is 0 Å². The molecule has 10 nitrogen and oxygen atoms in total. The lowest BCUT2D eigenvalue weighted by atomic mass is 9.65. The van der Waals surface area contributed by atoms with Crippen LogP contribution in [0.15, 0.2) is 71.8 Å². The third kappa shape index (κ3) is 3.93. The molecule has 0 saturated carbocycles. The van der Waals surface area contributed by atoms with Crippen LogP contribution in [0.1, 0.15) is 52.9 Å². The highest BCUT2D eigenvalue weighted by atomic mass is 16.7. The van der Waals surface area contributed by atoms with E-state index in [2.05, 4.69) is 0 Å². The van der Waals surface area contributed by atoms with E-state index >= 15 is 0 Å². The largest absolute Gasteiger partial charge is 0.497 e. The lowest BCUT2D eigenvalue weighted by Gasteiger charge is -2.44. The van der Waals surface area contributed by atoms with E-state index in [0.29, 0.717) is 39.5 Å². The van der Waals surface area contributed by atoms with Gasteiger partial charge in [0.25, 0.3) is 5.79 Å². The van der Waals surface area contributed by atoms with Crippen molar-refractivity contribution in [2.75, 3.05) is 21.3 Å². The van der Waals surface area contributed by atoms with E-state index in [1.54, 1.807) is 53.7 Å². The van der Waals surface area contributed by atoms with Crippen molar-refractivity contribution in [3.05, 3.63) is 89.0 Å². The van der Waals surface area contributed by atoms with Crippen molar-refractivity contribution >= 4 is 23.9 Å². The fourth-order valence-electron chi connectivity index (χ4n) is 6.36. The van der Waals surface area contributed by atoms with Gasteiger partial charge >= 0.3 is 11.9 Å². The second-order valence-corrected chi connectivity index (χ2v) is 10.8. The summed E-state index contributed by atoms with van der Waals surface area (Å²) < 4.78 is 27.9. The number of benzene rings is 3. The normalized spacial score (nSPS) is 23.0. The number of esters is 2. The molecular weight excluding hydrogens is 540 g/mol. The van der Waals surface area contributed by atoms with Crippen molar-refractivity contribution in [3.63, 3.8) is 0 Å². The highest BCUT2D eigenvalue weighted by molar-refractivity contribution is 6.09. The van der Waals surface area contributed by atoms with Gasteiger partial charge in [-0.3, -0.25) is 19.4 Å². The van der Waals surface area contributed by atoms with Gasteiger partial charge in [-0.25, -0.2) is 0 Å². The van der Waals surface area contributed by atoms with Crippen molar-refractivity contribution in [1.29, 1.82) is 0 Å². The van der Waals surface area contributed by atoms with Crippen LogP contribution in [-0.2, 0) is 19.1 Å². The summed E-state index contributed by atoms with van der Waals surface area (Å²) in [6.45, 7) is 3.00. The van der Waals surface area contributed by atoms with E-state index in [1.165, 1.54) is 35.2 Å². The molecule has 1 spiro atoms. The molecule has 0 aliphatic carbocycles. The molecular formula is C32H30N2O8. The highest BCUT2D eigenvalue weighted by Crippen LogP contribution is 2.63. The van der Waals surface area contributed by atoms with Crippen LogP contribution in [0.5, 0.6) is 17.2 Å². The molecule has 0 amide bonds. The van der Waals surface area contributed by atoms with Crippen LogP contribution in [-0.4, -0.2) is 62.1 Å². The van der Waals surface area contributed by atoms with Crippen molar-refractivity contribution in [2.45, 2.75) is 37.6 Å². The summed E-state index contributed by atoms with van der Waals surface area (Å²) in [5.41, 5.74) is 0.212. The molecule has 0 aromatic heterocycles. The Morgan fingerprint density at radius 2 is 1.52 bits per heavy atom. The maximum absolute atomic E-state index is 14.5. The van der Waals surface area contributed by atoms with Gasteiger partial charge in [-0.15, -0.1) is 0 Å². The zero-order chi connectivity index (χ0) is 29.8. The summed E-state index contributed by atoms with van der Waals surface area (Å²) in [7, 11) is 4.53. The van der Waals surface area contributed by atoms with Crippen LogP contribution in [0, 0.1) is 5.41 Å². The summed E-state index contributed by atoms with van der Waals surface area (Å²) in [5.74, 6) is -3.13. The number of carbonyl (C=O) groups is 3. The standard InChI is InChI=1S/C32H30N2O8/c1-31(2)41-29(36)32(30(37)42-31)25(19-12-15-23(39-4)24(16-19)40-5)26(27(35)18-10-13-21(38-3)14-11-18)34-28(32)22-9-7-6-8-20(22)17-33-34/h6-17,25-26,28H,1-5H3/t25-,26+,28+/m1/s1. The average molecular weight is 571 g/mol. The zero-order valence-electron chi connectivity index (χ0n) is 23.8. The molecule has 3 aliphatic rings. The van der Waals surface area contributed by atoms with E-state index in [1.807, 2.05) is 24.3 Å².